The molecule has 0 bridgehead atoms. The number of aryl methyl sites for hydroxylation is 2. The van der Waals surface area contributed by atoms with Crippen LogP contribution in [0.4, 0.5) is 10.2 Å². The summed E-state index contributed by atoms with van der Waals surface area (Å²) in [7, 11) is 3.74. The summed E-state index contributed by atoms with van der Waals surface area (Å²) >= 11 is 1.69. The van der Waals surface area contributed by atoms with Gasteiger partial charge in [-0.25, -0.2) is 14.4 Å². The molecule has 4 rings (SSSR count). The van der Waals surface area contributed by atoms with Crippen LogP contribution in [0.1, 0.15) is 27.4 Å². The van der Waals surface area contributed by atoms with Crippen LogP contribution in [0.3, 0.4) is 0 Å². The molecule has 7 heteroatoms. The minimum atomic E-state index is -0.233. The summed E-state index contributed by atoms with van der Waals surface area (Å²) in [6.07, 6.45) is 0. The van der Waals surface area contributed by atoms with E-state index in [2.05, 4.69) is 37.2 Å². The SMILES string of the molecule is COc1cccc(CN(C)Cc2nc(NCc3ccc(F)cc3)c3c(C)c(C)sc3n2)c1. The van der Waals surface area contributed by atoms with E-state index in [1.54, 1.807) is 30.6 Å². The van der Waals surface area contributed by atoms with Gasteiger partial charge >= 0.3 is 0 Å². The molecule has 2 aromatic heterocycles. The van der Waals surface area contributed by atoms with E-state index in [0.717, 1.165) is 39.7 Å². The Hall–Kier alpha value is -3.03. The van der Waals surface area contributed by atoms with Crippen LogP contribution in [0.2, 0.25) is 0 Å². The average Bonchev–Trinajstić information content (AvgIpc) is 3.06. The molecule has 4 aromatic rings. The summed E-state index contributed by atoms with van der Waals surface area (Å²) in [4.78, 5) is 14.1. The number of thiophene rings is 1. The number of hydrogen-bond acceptors (Lipinski definition) is 6. The van der Waals surface area contributed by atoms with Crippen molar-refractivity contribution in [2.24, 2.45) is 0 Å². The Labute approximate surface area is 191 Å². The summed E-state index contributed by atoms with van der Waals surface area (Å²) < 4.78 is 18.6. The molecule has 0 saturated heterocycles. The zero-order valence-corrected chi connectivity index (χ0v) is 19.6. The average molecular weight is 451 g/mol. The molecule has 2 aromatic carbocycles. The van der Waals surface area contributed by atoms with Crippen LogP contribution in [0.25, 0.3) is 10.2 Å². The second-order valence-corrected chi connectivity index (χ2v) is 9.16. The second-order valence-electron chi connectivity index (χ2n) is 7.96. The molecule has 0 atom stereocenters. The highest BCUT2D eigenvalue weighted by molar-refractivity contribution is 7.18. The Balaban J connectivity index is 1.56. The first-order chi connectivity index (χ1) is 15.4. The third-order valence-corrected chi connectivity index (χ3v) is 6.55. The minimum absolute atomic E-state index is 0.233. The lowest BCUT2D eigenvalue weighted by atomic mass is 10.2. The Morgan fingerprint density at radius 1 is 1.03 bits per heavy atom. The van der Waals surface area contributed by atoms with Crippen molar-refractivity contribution in [2.75, 3.05) is 19.5 Å². The van der Waals surface area contributed by atoms with Gasteiger partial charge in [-0.1, -0.05) is 24.3 Å². The smallest absolute Gasteiger partial charge is 0.146 e. The van der Waals surface area contributed by atoms with Gasteiger partial charge in [-0.05, 0) is 61.9 Å². The van der Waals surface area contributed by atoms with Crippen molar-refractivity contribution in [1.29, 1.82) is 0 Å². The summed E-state index contributed by atoms with van der Waals surface area (Å²) in [6.45, 7) is 6.17. The van der Waals surface area contributed by atoms with E-state index in [1.165, 1.54) is 28.1 Å². The maximum Gasteiger partial charge on any atom is 0.146 e. The number of hydrogen-bond donors (Lipinski definition) is 1. The highest BCUT2D eigenvalue weighted by Crippen LogP contribution is 2.33. The van der Waals surface area contributed by atoms with Crippen molar-refractivity contribution < 1.29 is 9.13 Å². The summed E-state index contributed by atoms with van der Waals surface area (Å²) in [6, 6.07) is 14.6. The van der Waals surface area contributed by atoms with Gasteiger partial charge < -0.3 is 10.1 Å². The maximum absolute atomic E-state index is 13.2. The number of ether oxygens (including phenoxy) is 1. The quantitative estimate of drug-likeness (QED) is 0.373. The van der Waals surface area contributed by atoms with Gasteiger partial charge in [-0.2, -0.15) is 0 Å². The zero-order valence-electron chi connectivity index (χ0n) is 18.8. The fourth-order valence-electron chi connectivity index (χ4n) is 3.66. The molecule has 5 nitrogen and oxygen atoms in total. The van der Waals surface area contributed by atoms with Crippen LogP contribution in [0.5, 0.6) is 5.75 Å². The first-order valence-electron chi connectivity index (χ1n) is 10.5. The Kier molecular flexibility index (Phi) is 6.67. The molecule has 0 radical (unpaired) electrons. The van der Waals surface area contributed by atoms with Crippen LogP contribution in [0, 0.1) is 19.7 Å². The van der Waals surface area contributed by atoms with Crippen LogP contribution in [-0.4, -0.2) is 29.0 Å². The third kappa shape index (κ3) is 5.06. The second kappa shape index (κ2) is 9.63. The van der Waals surface area contributed by atoms with E-state index in [4.69, 9.17) is 14.7 Å². The zero-order chi connectivity index (χ0) is 22.7. The molecule has 0 amide bonds. The van der Waals surface area contributed by atoms with Gasteiger partial charge in [0.1, 0.15) is 28.0 Å². The highest BCUT2D eigenvalue weighted by Gasteiger charge is 2.16. The lowest BCUT2D eigenvalue weighted by Gasteiger charge is -2.17. The number of rotatable bonds is 8. The molecule has 0 aliphatic heterocycles. The summed E-state index contributed by atoms with van der Waals surface area (Å²) in [5, 5.41) is 4.52. The molecule has 0 unspecified atom stereocenters. The number of anilines is 1. The van der Waals surface area contributed by atoms with Crippen molar-refractivity contribution in [3.8, 4) is 5.75 Å². The Morgan fingerprint density at radius 3 is 2.56 bits per heavy atom. The fraction of sp³-hybridized carbons (Fsp3) is 0.280. The predicted molar refractivity (Wildman–Crippen MR) is 129 cm³/mol. The summed E-state index contributed by atoms with van der Waals surface area (Å²) in [5.41, 5.74) is 3.37. The molecule has 0 aliphatic rings. The largest absolute Gasteiger partial charge is 0.497 e. The van der Waals surface area contributed by atoms with Crippen LogP contribution in [-0.2, 0) is 19.6 Å². The van der Waals surface area contributed by atoms with Gasteiger partial charge in [-0.15, -0.1) is 11.3 Å². The van der Waals surface area contributed by atoms with Crippen LogP contribution < -0.4 is 10.1 Å². The third-order valence-electron chi connectivity index (χ3n) is 5.45. The van der Waals surface area contributed by atoms with Gasteiger partial charge in [0.2, 0.25) is 0 Å². The van der Waals surface area contributed by atoms with E-state index in [-0.39, 0.29) is 5.82 Å². The number of nitrogens with one attached hydrogen (secondary N) is 1. The fourth-order valence-corrected chi connectivity index (χ4v) is 4.71. The van der Waals surface area contributed by atoms with E-state index < -0.39 is 0 Å². The van der Waals surface area contributed by atoms with E-state index in [0.29, 0.717) is 13.1 Å². The Morgan fingerprint density at radius 2 is 1.81 bits per heavy atom. The molecular weight excluding hydrogens is 423 g/mol. The van der Waals surface area contributed by atoms with Gasteiger partial charge in [0.15, 0.2) is 0 Å². The molecule has 0 aliphatic carbocycles. The first kappa shape index (κ1) is 22.2. The van der Waals surface area contributed by atoms with Gasteiger partial charge in [0, 0.05) is 18.0 Å². The first-order valence-corrected chi connectivity index (χ1v) is 11.3. The van der Waals surface area contributed by atoms with Crippen LogP contribution in [0.15, 0.2) is 48.5 Å². The molecule has 32 heavy (non-hydrogen) atoms. The molecule has 166 valence electrons. The number of benzene rings is 2. The summed E-state index contributed by atoms with van der Waals surface area (Å²) in [5.74, 6) is 2.21. The molecule has 0 fully saturated rings. The predicted octanol–water partition coefficient (Wildman–Crippen LogP) is 5.70. The molecule has 1 N–H and O–H groups in total. The van der Waals surface area contributed by atoms with Crippen molar-refractivity contribution in [1.82, 2.24) is 14.9 Å². The minimum Gasteiger partial charge on any atom is -0.497 e. The number of nitrogens with zero attached hydrogens (tertiary/aromatic N) is 3. The number of methoxy groups -OCH3 is 1. The molecular formula is C25H27FN4OS. The number of fused-ring (bicyclic) bond motifs is 1. The van der Waals surface area contributed by atoms with E-state index in [1.807, 2.05) is 18.2 Å². The van der Waals surface area contributed by atoms with Gasteiger partial charge in [-0.3, -0.25) is 4.90 Å². The van der Waals surface area contributed by atoms with Crippen LogP contribution >= 0.6 is 11.3 Å². The topological polar surface area (TPSA) is 50.3 Å². The van der Waals surface area contributed by atoms with Crippen molar-refractivity contribution in [2.45, 2.75) is 33.5 Å². The van der Waals surface area contributed by atoms with Crippen molar-refractivity contribution in [3.63, 3.8) is 0 Å². The molecule has 0 spiro atoms. The molecule has 0 saturated carbocycles. The Bertz CT molecular complexity index is 1220. The maximum atomic E-state index is 13.2. The lowest BCUT2D eigenvalue weighted by molar-refractivity contribution is 0.310. The van der Waals surface area contributed by atoms with E-state index in [9.17, 15) is 4.39 Å². The standard InChI is InChI=1S/C25H27FN4OS/c1-16-17(2)32-25-23(16)24(27-13-18-8-10-20(26)11-9-18)28-22(29-25)15-30(3)14-19-6-5-7-21(12-19)31-4/h5-12H,13-15H2,1-4H3,(H,27,28,29). The van der Waals surface area contributed by atoms with Gasteiger partial charge in [0.05, 0.1) is 19.0 Å². The van der Waals surface area contributed by atoms with Crippen molar-refractivity contribution in [3.05, 3.63) is 81.7 Å². The van der Waals surface area contributed by atoms with E-state index >= 15 is 0 Å². The lowest BCUT2D eigenvalue weighted by Crippen LogP contribution is -2.19. The van der Waals surface area contributed by atoms with Crippen molar-refractivity contribution >= 4 is 27.4 Å². The molecule has 2 heterocycles. The monoisotopic (exact) mass is 450 g/mol. The highest BCUT2D eigenvalue weighted by atomic mass is 32.1. The number of aromatic nitrogens is 2. The number of halogens is 1. The normalized spacial score (nSPS) is 11.3. The van der Waals surface area contributed by atoms with Gasteiger partial charge in [0.25, 0.3) is 0 Å².